The molecular weight excluding hydrogens is 374 g/mol. The lowest BCUT2D eigenvalue weighted by Gasteiger charge is -2.22. The Hall–Kier alpha value is -3.47. The molecule has 2 heterocycles. The second-order valence-corrected chi connectivity index (χ2v) is 7.54. The number of rotatable bonds is 5. The van der Waals surface area contributed by atoms with Gasteiger partial charge in [0.25, 0.3) is 0 Å². The molecule has 3 aromatic rings. The molecular formula is C25H25N3O2. The van der Waals surface area contributed by atoms with E-state index >= 15 is 0 Å². The monoisotopic (exact) mass is 399 g/mol. The number of nitrogens with zero attached hydrogens (tertiary/aromatic N) is 3. The van der Waals surface area contributed by atoms with Crippen molar-refractivity contribution in [2.24, 2.45) is 0 Å². The first-order valence-electron chi connectivity index (χ1n) is 10.3. The van der Waals surface area contributed by atoms with E-state index in [1.165, 1.54) is 0 Å². The third-order valence-electron chi connectivity index (χ3n) is 5.48. The quantitative estimate of drug-likeness (QED) is 0.659. The smallest absolute Gasteiger partial charge is 0.227 e. The third-order valence-corrected chi connectivity index (χ3v) is 5.48. The van der Waals surface area contributed by atoms with Gasteiger partial charge in [-0.15, -0.1) is 0 Å². The van der Waals surface area contributed by atoms with Gasteiger partial charge >= 0.3 is 0 Å². The number of carbonyl (C=O) groups excluding carboxylic acids is 2. The zero-order valence-electron chi connectivity index (χ0n) is 16.9. The van der Waals surface area contributed by atoms with Crippen molar-refractivity contribution in [3.63, 3.8) is 0 Å². The zero-order chi connectivity index (χ0) is 20.8. The van der Waals surface area contributed by atoms with Gasteiger partial charge in [-0.3, -0.25) is 14.6 Å². The first-order valence-corrected chi connectivity index (χ1v) is 10.3. The van der Waals surface area contributed by atoms with Gasteiger partial charge in [-0.05, 0) is 34.4 Å². The molecule has 1 fully saturated rings. The van der Waals surface area contributed by atoms with Gasteiger partial charge in [0.1, 0.15) is 0 Å². The summed E-state index contributed by atoms with van der Waals surface area (Å²) in [5, 5.41) is 0. The first kappa shape index (κ1) is 19.8. The van der Waals surface area contributed by atoms with Gasteiger partial charge in [0.15, 0.2) is 0 Å². The van der Waals surface area contributed by atoms with Crippen molar-refractivity contribution < 1.29 is 9.59 Å². The summed E-state index contributed by atoms with van der Waals surface area (Å²) in [6.07, 6.45) is 4.18. The molecule has 1 aliphatic rings. The largest absolute Gasteiger partial charge is 0.340 e. The van der Waals surface area contributed by atoms with Crippen LogP contribution in [0.1, 0.15) is 17.5 Å². The molecule has 152 valence electrons. The maximum atomic E-state index is 12.8. The van der Waals surface area contributed by atoms with Crippen LogP contribution in [-0.4, -0.2) is 46.2 Å². The summed E-state index contributed by atoms with van der Waals surface area (Å²) >= 11 is 0. The molecule has 0 unspecified atom stereocenters. The Balaban J connectivity index is 1.35. The summed E-state index contributed by atoms with van der Waals surface area (Å²) in [6, 6.07) is 22.2. The second-order valence-electron chi connectivity index (χ2n) is 7.54. The Kier molecular flexibility index (Phi) is 6.18. The van der Waals surface area contributed by atoms with E-state index in [1.54, 1.807) is 12.4 Å². The van der Waals surface area contributed by atoms with E-state index in [-0.39, 0.29) is 11.8 Å². The second kappa shape index (κ2) is 9.35. The van der Waals surface area contributed by atoms with Crippen molar-refractivity contribution in [2.75, 3.05) is 19.6 Å². The van der Waals surface area contributed by atoms with Gasteiger partial charge in [0.2, 0.25) is 11.8 Å². The van der Waals surface area contributed by atoms with E-state index in [2.05, 4.69) is 29.2 Å². The Morgan fingerprint density at radius 2 is 1.50 bits per heavy atom. The number of hydrogen-bond acceptors (Lipinski definition) is 3. The number of benzene rings is 2. The number of carbonyl (C=O) groups is 2. The van der Waals surface area contributed by atoms with E-state index in [0.29, 0.717) is 39.0 Å². The minimum absolute atomic E-state index is 0.0704. The SMILES string of the molecule is O=C(Cc1ccc(-c2ccccc2)cc1)N1CCC(=O)N(Cc2ccncc2)CC1. The molecule has 0 spiro atoms. The van der Waals surface area contributed by atoms with Crippen LogP contribution in [0.4, 0.5) is 0 Å². The normalized spacial score (nSPS) is 14.5. The van der Waals surface area contributed by atoms with Crippen LogP contribution in [0.5, 0.6) is 0 Å². The van der Waals surface area contributed by atoms with Crippen LogP contribution in [0.3, 0.4) is 0 Å². The molecule has 2 amide bonds. The Morgan fingerprint density at radius 3 is 2.23 bits per heavy atom. The predicted molar refractivity (Wildman–Crippen MR) is 116 cm³/mol. The van der Waals surface area contributed by atoms with Crippen LogP contribution in [0, 0.1) is 0 Å². The maximum absolute atomic E-state index is 12.8. The van der Waals surface area contributed by atoms with E-state index < -0.39 is 0 Å². The zero-order valence-corrected chi connectivity index (χ0v) is 16.9. The van der Waals surface area contributed by atoms with Crippen LogP contribution in [0.25, 0.3) is 11.1 Å². The Labute approximate surface area is 177 Å². The molecule has 0 atom stereocenters. The lowest BCUT2D eigenvalue weighted by Crippen LogP contribution is -2.36. The van der Waals surface area contributed by atoms with Crippen molar-refractivity contribution >= 4 is 11.8 Å². The summed E-state index contributed by atoms with van der Waals surface area (Å²) in [6.45, 7) is 2.16. The van der Waals surface area contributed by atoms with Crippen LogP contribution in [0.15, 0.2) is 79.1 Å². The average Bonchev–Trinajstić information content (AvgIpc) is 2.97. The highest BCUT2D eigenvalue weighted by atomic mass is 16.2. The summed E-state index contributed by atoms with van der Waals surface area (Å²) < 4.78 is 0. The number of aromatic nitrogens is 1. The van der Waals surface area contributed by atoms with Crippen molar-refractivity contribution in [1.29, 1.82) is 0 Å². The number of amides is 2. The van der Waals surface area contributed by atoms with Crippen LogP contribution >= 0.6 is 0 Å². The molecule has 1 saturated heterocycles. The van der Waals surface area contributed by atoms with E-state index in [4.69, 9.17) is 0 Å². The van der Waals surface area contributed by atoms with Crippen molar-refractivity contribution in [3.8, 4) is 11.1 Å². The first-order chi connectivity index (χ1) is 14.7. The van der Waals surface area contributed by atoms with E-state index in [1.807, 2.05) is 52.3 Å². The molecule has 0 aliphatic carbocycles. The molecule has 0 saturated carbocycles. The Bertz CT molecular complexity index is 988. The van der Waals surface area contributed by atoms with Crippen LogP contribution in [-0.2, 0) is 22.6 Å². The van der Waals surface area contributed by atoms with Crippen molar-refractivity contribution in [1.82, 2.24) is 14.8 Å². The maximum Gasteiger partial charge on any atom is 0.227 e. The predicted octanol–water partition coefficient (Wildman–Crippen LogP) is 3.55. The molecule has 30 heavy (non-hydrogen) atoms. The summed E-state index contributed by atoms with van der Waals surface area (Å²) in [7, 11) is 0. The van der Waals surface area contributed by atoms with Crippen LogP contribution in [0.2, 0.25) is 0 Å². The number of hydrogen-bond donors (Lipinski definition) is 0. The summed E-state index contributed by atoms with van der Waals surface area (Å²) in [4.78, 5) is 33.0. The lowest BCUT2D eigenvalue weighted by molar-refractivity contribution is -0.130. The van der Waals surface area contributed by atoms with Gasteiger partial charge < -0.3 is 9.80 Å². The van der Waals surface area contributed by atoms with Gasteiger partial charge in [-0.25, -0.2) is 0 Å². The van der Waals surface area contributed by atoms with Crippen molar-refractivity contribution in [2.45, 2.75) is 19.4 Å². The van der Waals surface area contributed by atoms with E-state index in [0.717, 1.165) is 22.3 Å². The van der Waals surface area contributed by atoms with Gasteiger partial charge in [-0.2, -0.15) is 0 Å². The molecule has 5 heteroatoms. The fourth-order valence-corrected chi connectivity index (χ4v) is 3.72. The van der Waals surface area contributed by atoms with Gasteiger partial charge in [0, 0.05) is 45.0 Å². The molecule has 5 nitrogen and oxygen atoms in total. The minimum atomic E-state index is 0.0704. The topological polar surface area (TPSA) is 53.5 Å². The summed E-state index contributed by atoms with van der Waals surface area (Å²) in [5.74, 6) is 0.162. The molecule has 1 aliphatic heterocycles. The van der Waals surface area contributed by atoms with Crippen molar-refractivity contribution in [3.05, 3.63) is 90.3 Å². The van der Waals surface area contributed by atoms with Gasteiger partial charge in [0.05, 0.1) is 6.42 Å². The standard InChI is InChI=1S/C25H25N3O2/c29-24-12-15-27(16-17-28(24)19-21-10-13-26-14-11-21)25(30)18-20-6-8-23(9-7-20)22-4-2-1-3-5-22/h1-11,13-14H,12,15-19H2. The molecule has 4 rings (SSSR count). The number of pyridine rings is 1. The molecule has 1 aromatic heterocycles. The molecule has 2 aromatic carbocycles. The fraction of sp³-hybridized carbons (Fsp3) is 0.240. The average molecular weight is 399 g/mol. The molecule has 0 bridgehead atoms. The van der Waals surface area contributed by atoms with E-state index in [9.17, 15) is 9.59 Å². The third kappa shape index (κ3) is 4.92. The highest BCUT2D eigenvalue weighted by Gasteiger charge is 2.23. The molecule has 0 N–H and O–H groups in total. The Morgan fingerprint density at radius 1 is 0.800 bits per heavy atom. The minimum Gasteiger partial charge on any atom is -0.340 e. The summed E-state index contributed by atoms with van der Waals surface area (Å²) in [5.41, 5.74) is 4.34. The molecule has 0 radical (unpaired) electrons. The van der Waals surface area contributed by atoms with Crippen LogP contribution < -0.4 is 0 Å². The lowest BCUT2D eigenvalue weighted by atomic mass is 10.0. The van der Waals surface area contributed by atoms with Gasteiger partial charge in [-0.1, -0.05) is 54.6 Å². The fourth-order valence-electron chi connectivity index (χ4n) is 3.72. The highest BCUT2D eigenvalue weighted by Crippen LogP contribution is 2.20. The highest BCUT2D eigenvalue weighted by molar-refractivity contribution is 5.81.